The highest BCUT2D eigenvalue weighted by molar-refractivity contribution is 5.95. The summed E-state index contributed by atoms with van der Waals surface area (Å²) in [6.45, 7) is 3.58. The molecule has 2 aromatic carbocycles. The maximum absolute atomic E-state index is 12.4. The molecule has 174 valence electrons. The van der Waals surface area contributed by atoms with E-state index >= 15 is 0 Å². The summed E-state index contributed by atoms with van der Waals surface area (Å²) in [4.78, 5) is 36.8. The molecule has 2 aromatic rings. The Morgan fingerprint density at radius 3 is 2.42 bits per heavy atom. The van der Waals surface area contributed by atoms with Gasteiger partial charge in [0, 0.05) is 11.4 Å². The summed E-state index contributed by atoms with van der Waals surface area (Å²) in [6, 6.07) is 11.3. The number of anilines is 1. The van der Waals surface area contributed by atoms with Crippen LogP contribution in [0.4, 0.5) is 10.5 Å². The fraction of sp³-hybridized carbons (Fsp3) is 0.292. The Kier molecular flexibility index (Phi) is 7.55. The van der Waals surface area contributed by atoms with E-state index < -0.39 is 18.0 Å². The minimum absolute atomic E-state index is 0.221. The topological polar surface area (TPSA) is 115 Å². The lowest BCUT2D eigenvalue weighted by Gasteiger charge is -2.29. The molecule has 1 unspecified atom stereocenters. The van der Waals surface area contributed by atoms with Gasteiger partial charge in [0.15, 0.2) is 18.1 Å². The molecule has 0 aromatic heterocycles. The predicted molar refractivity (Wildman–Crippen MR) is 122 cm³/mol. The molecule has 0 saturated carbocycles. The molecule has 9 nitrogen and oxygen atoms in total. The first kappa shape index (κ1) is 23.6. The second-order valence-electron chi connectivity index (χ2n) is 7.38. The Morgan fingerprint density at radius 1 is 1.06 bits per heavy atom. The zero-order chi connectivity index (χ0) is 24.0. The van der Waals surface area contributed by atoms with Crippen molar-refractivity contribution >= 4 is 23.6 Å². The number of carbonyl (C=O) groups excluding carboxylic acids is 3. The van der Waals surface area contributed by atoms with E-state index in [1.807, 2.05) is 38.1 Å². The van der Waals surface area contributed by atoms with Crippen LogP contribution in [0.3, 0.4) is 0 Å². The highest BCUT2D eigenvalue weighted by Crippen LogP contribution is 2.35. The number of carbonyl (C=O) groups is 3. The van der Waals surface area contributed by atoms with Gasteiger partial charge in [-0.2, -0.15) is 0 Å². The minimum Gasteiger partial charge on any atom is -0.493 e. The van der Waals surface area contributed by atoms with Crippen molar-refractivity contribution in [1.29, 1.82) is 0 Å². The van der Waals surface area contributed by atoms with E-state index in [-0.39, 0.29) is 12.5 Å². The van der Waals surface area contributed by atoms with Crippen molar-refractivity contribution in [2.75, 3.05) is 26.1 Å². The van der Waals surface area contributed by atoms with Crippen LogP contribution in [0.5, 0.6) is 11.5 Å². The van der Waals surface area contributed by atoms with Crippen molar-refractivity contribution in [3.05, 3.63) is 64.9 Å². The number of benzene rings is 2. The monoisotopic (exact) mass is 453 g/mol. The molecule has 1 atom stereocenters. The van der Waals surface area contributed by atoms with Crippen LogP contribution < -0.4 is 25.4 Å². The van der Waals surface area contributed by atoms with E-state index in [2.05, 4.69) is 16.0 Å². The summed E-state index contributed by atoms with van der Waals surface area (Å²) in [5.41, 5.74) is 3.17. The van der Waals surface area contributed by atoms with Crippen molar-refractivity contribution in [1.82, 2.24) is 10.6 Å². The molecular weight excluding hydrogens is 426 g/mol. The summed E-state index contributed by atoms with van der Waals surface area (Å²) in [5.74, 6) is -0.166. The fourth-order valence-electron chi connectivity index (χ4n) is 3.46. The molecule has 0 spiro atoms. The Hall–Kier alpha value is -4.01. The zero-order valence-corrected chi connectivity index (χ0v) is 19.0. The van der Waals surface area contributed by atoms with Gasteiger partial charge in [0.25, 0.3) is 5.91 Å². The lowest BCUT2D eigenvalue weighted by molar-refractivity contribution is -0.136. The number of rotatable bonds is 8. The van der Waals surface area contributed by atoms with Crippen LogP contribution >= 0.6 is 0 Å². The quantitative estimate of drug-likeness (QED) is 0.529. The lowest BCUT2D eigenvalue weighted by Crippen LogP contribution is -2.45. The van der Waals surface area contributed by atoms with Gasteiger partial charge in [-0.15, -0.1) is 0 Å². The third-order valence-electron chi connectivity index (χ3n) is 5.13. The van der Waals surface area contributed by atoms with Crippen molar-refractivity contribution in [2.45, 2.75) is 26.3 Å². The Labute approximate surface area is 192 Å². The van der Waals surface area contributed by atoms with E-state index in [4.69, 9.17) is 14.2 Å². The van der Waals surface area contributed by atoms with E-state index in [9.17, 15) is 14.4 Å². The standard InChI is InChI=1S/C24H27N3O6/c1-5-17-21(23(29)32-4)22(27-24(30)26-17)15-8-11-18(19(12-15)31-3)33-13-20(28)25-16-9-6-14(2)7-10-16/h6-12,22H,5,13H2,1-4H3,(H,25,28)(H2,26,27,30). The average molecular weight is 453 g/mol. The largest absolute Gasteiger partial charge is 0.493 e. The van der Waals surface area contributed by atoms with Crippen LogP contribution in [0.1, 0.15) is 30.5 Å². The van der Waals surface area contributed by atoms with Crippen LogP contribution in [0, 0.1) is 6.92 Å². The average Bonchev–Trinajstić information content (AvgIpc) is 2.82. The second kappa shape index (κ2) is 10.5. The maximum Gasteiger partial charge on any atom is 0.337 e. The Bertz CT molecular complexity index is 1080. The number of aryl methyl sites for hydroxylation is 1. The number of methoxy groups -OCH3 is 2. The molecule has 9 heteroatoms. The van der Waals surface area contributed by atoms with E-state index in [1.165, 1.54) is 14.2 Å². The number of esters is 1. The number of hydrogen-bond acceptors (Lipinski definition) is 6. The van der Waals surface area contributed by atoms with Gasteiger partial charge in [-0.1, -0.05) is 30.7 Å². The van der Waals surface area contributed by atoms with Crippen molar-refractivity contribution < 1.29 is 28.6 Å². The first-order valence-electron chi connectivity index (χ1n) is 10.4. The zero-order valence-electron chi connectivity index (χ0n) is 19.0. The summed E-state index contributed by atoms with van der Waals surface area (Å²) >= 11 is 0. The van der Waals surface area contributed by atoms with Gasteiger partial charge in [-0.25, -0.2) is 9.59 Å². The molecular formula is C24H27N3O6. The first-order chi connectivity index (χ1) is 15.9. The molecule has 1 aliphatic rings. The molecule has 3 N–H and O–H groups in total. The number of allylic oxidation sites excluding steroid dienone is 1. The molecule has 1 aliphatic heterocycles. The number of urea groups is 1. The van der Waals surface area contributed by atoms with Gasteiger partial charge in [0.1, 0.15) is 0 Å². The van der Waals surface area contributed by atoms with Crippen LogP contribution in [0.25, 0.3) is 0 Å². The highest BCUT2D eigenvalue weighted by atomic mass is 16.5. The Morgan fingerprint density at radius 2 is 1.79 bits per heavy atom. The van der Waals surface area contributed by atoms with Gasteiger partial charge in [-0.3, -0.25) is 4.79 Å². The minimum atomic E-state index is -0.728. The van der Waals surface area contributed by atoms with Gasteiger partial charge < -0.3 is 30.2 Å². The third-order valence-corrected chi connectivity index (χ3v) is 5.13. The molecule has 3 amide bonds. The van der Waals surface area contributed by atoms with Gasteiger partial charge in [-0.05, 0) is 43.2 Å². The van der Waals surface area contributed by atoms with Gasteiger partial charge in [0.05, 0.1) is 25.8 Å². The molecule has 33 heavy (non-hydrogen) atoms. The number of nitrogens with one attached hydrogen (secondary N) is 3. The molecule has 0 radical (unpaired) electrons. The second-order valence-corrected chi connectivity index (χ2v) is 7.38. The molecule has 1 heterocycles. The summed E-state index contributed by atoms with van der Waals surface area (Å²) < 4.78 is 16.0. The first-order valence-corrected chi connectivity index (χ1v) is 10.4. The molecule has 0 fully saturated rings. The molecule has 3 rings (SSSR count). The maximum atomic E-state index is 12.4. The van der Waals surface area contributed by atoms with Gasteiger partial charge >= 0.3 is 12.0 Å². The summed E-state index contributed by atoms with van der Waals surface area (Å²) in [6.07, 6.45) is 0.447. The molecule has 0 aliphatic carbocycles. The van der Waals surface area contributed by atoms with Crippen molar-refractivity contribution in [3.8, 4) is 11.5 Å². The predicted octanol–water partition coefficient (Wildman–Crippen LogP) is 3.21. The van der Waals surface area contributed by atoms with Crippen LogP contribution in [0.2, 0.25) is 0 Å². The summed E-state index contributed by atoms with van der Waals surface area (Å²) in [7, 11) is 2.75. The smallest absolute Gasteiger partial charge is 0.337 e. The SMILES string of the molecule is CCC1=C(C(=O)OC)C(c2ccc(OCC(=O)Nc3ccc(C)cc3)c(OC)c2)NC(=O)N1. The third kappa shape index (κ3) is 5.62. The molecule has 0 saturated heterocycles. The number of hydrogen-bond donors (Lipinski definition) is 3. The van der Waals surface area contributed by atoms with Gasteiger partial charge in [0.2, 0.25) is 0 Å². The number of ether oxygens (including phenoxy) is 3. The van der Waals surface area contributed by atoms with Crippen LogP contribution in [-0.2, 0) is 14.3 Å². The van der Waals surface area contributed by atoms with E-state index in [0.717, 1.165) is 5.56 Å². The van der Waals surface area contributed by atoms with E-state index in [0.29, 0.717) is 40.4 Å². The number of amides is 3. The lowest BCUT2D eigenvalue weighted by atomic mass is 9.94. The highest BCUT2D eigenvalue weighted by Gasteiger charge is 2.33. The summed E-state index contributed by atoms with van der Waals surface area (Å²) in [5, 5.41) is 8.16. The van der Waals surface area contributed by atoms with Crippen molar-refractivity contribution in [2.24, 2.45) is 0 Å². The van der Waals surface area contributed by atoms with E-state index in [1.54, 1.807) is 18.2 Å². The fourth-order valence-corrected chi connectivity index (χ4v) is 3.46. The molecule has 0 bridgehead atoms. The normalized spacial score (nSPS) is 15.3. The van der Waals surface area contributed by atoms with Crippen LogP contribution in [0.15, 0.2) is 53.7 Å². The van der Waals surface area contributed by atoms with Crippen molar-refractivity contribution in [3.63, 3.8) is 0 Å². The van der Waals surface area contributed by atoms with Crippen LogP contribution in [-0.4, -0.2) is 38.7 Å². The Balaban J connectivity index is 1.78.